The SMILES string of the molecule is CCCC(O)C(CC)CO.[O]=[Ti][OH]. The maximum absolute atomic E-state index is 9.35. The predicted molar refractivity (Wildman–Crippen MR) is 44.7 cm³/mol. The Morgan fingerprint density at radius 2 is 1.85 bits per heavy atom. The second-order valence-corrected chi connectivity index (χ2v) is 3.08. The van der Waals surface area contributed by atoms with Crippen LogP contribution in [0.15, 0.2) is 0 Å². The fraction of sp³-hybridized carbons (Fsp3) is 1.00. The predicted octanol–water partition coefficient (Wildman–Crippen LogP) is 0.488. The molecule has 0 aromatic carbocycles. The van der Waals surface area contributed by atoms with E-state index >= 15 is 0 Å². The molecule has 0 bridgehead atoms. The number of hydrogen-bond donors (Lipinski definition) is 3. The average molecular weight is 227 g/mol. The molecule has 0 aliphatic carbocycles. The zero-order valence-electron chi connectivity index (χ0n) is 8.23. The van der Waals surface area contributed by atoms with E-state index in [1.165, 1.54) is 0 Å². The van der Waals surface area contributed by atoms with Crippen LogP contribution in [-0.2, 0) is 22.8 Å². The summed E-state index contributed by atoms with van der Waals surface area (Å²) < 4.78 is 15.8. The van der Waals surface area contributed by atoms with Crippen molar-refractivity contribution in [3.8, 4) is 0 Å². The van der Waals surface area contributed by atoms with Crippen molar-refractivity contribution in [2.24, 2.45) is 5.92 Å². The summed E-state index contributed by atoms with van der Waals surface area (Å²) in [5.41, 5.74) is 0. The molecule has 0 radical (unpaired) electrons. The quantitative estimate of drug-likeness (QED) is 0.597. The van der Waals surface area contributed by atoms with Gasteiger partial charge in [-0.05, 0) is 12.8 Å². The molecule has 0 aromatic heterocycles. The number of hydrogen-bond acceptors (Lipinski definition) is 3. The molecule has 5 heteroatoms. The van der Waals surface area contributed by atoms with E-state index in [-0.39, 0.29) is 18.6 Å². The Bertz CT molecular complexity index is 106. The van der Waals surface area contributed by atoms with Gasteiger partial charge in [-0.3, -0.25) is 0 Å². The first kappa shape index (κ1) is 15.8. The topological polar surface area (TPSA) is 77.8 Å². The number of rotatable bonds is 5. The van der Waals surface area contributed by atoms with E-state index in [4.69, 9.17) is 12.1 Å². The molecular formula is C8H19O4Ti. The summed E-state index contributed by atoms with van der Waals surface area (Å²) in [4.78, 5) is 0. The van der Waals surface area contributed by atoms with Crippen LogP contribution in [0.3, 0.4) is 0 Å². The first-order chi connectivity index (χ1) is 6.17. The van der Waals surface area contributed by atoms with Gasteiger partial charge in [-0.1, -0.05) is 20.3 Å². The van der Waals surface area contributed by atoms with Crippen LogP contribution in [0.5, 0.6) is 0 Å². The van der Waals surface area contributed by atoms with Crippen molar-refractivity contribution in [1.29, 1.82) is 0 Å². The van der Waals surface area contributed by atoms with Crippen molar-refractivity contribution in [2.75, 3.05) is 6.61 Å². The van der Waals surface area contributed by atoms with Crippen LogP contribution in [0, 0.1) is 5.92 Å². The van der Waals surface area contributed by atoms with Gasteiger partial charge < -0.3 is 10.2 Å². The molecule has 0 amide bonds. The van der Waals surface area contributed by atoms with Crippen LogP contribution in [-0.4, -0.2) is 26.6 Å². The van der Waals surface area contributed by atoms with Gasteiger partial charge in [0.25, 0.3) is 0 Å². The monoisotopic (exact) mass is 227 g/mol. The van der Waals surface area contributed by atoms with E-state index < -0.39 is 19.5 Å². The molecule has 79 valence electrons. The standard InChI is InChI=1S/C8H18O2.H2O.O.Ti/c1-3-5-8(10)7(4-2)6-9;;;/h7-10H,3-6H2,1-2H3;1H2;;/q;;;+1/p-1. The van der Waals surface area contributed by atoms with Gasteiger partial charge in [-0.2, -0.15) is 0 Å². The summed E-state index contributed by atoms with van der Waals surface area (Å²) in [5, 5.41) is 18.1. The van der Waals surface area contributed by atoms with Gasteiger partial charge in [-0.15, -0.1) is 0 Å². The van der Waals surface area contributed by atoms with Crippen LogP contribution in [0.2, 0.25) is 0 Å². The van der Waals surface area contributed by atoms with Crippen LogP contribution >= 0.6 is 0 Å². The van der Waals surface area contributed by atoms with Crippen molar-refractivity contribution < 1.29 is 36.7 Å². The first-order valence-electron chi connectivity index (χ1n) is 4.47. The fourth-order valence-corrected chi connectivity index (χ4v) is 1.05. The molecule has 0 aliphatic heterocycles. The van der Waals surface area contributed by atoms with Crippen LogP contribution in [0.4, 0.5) is 0 Å². The Hall–Kier alpha value is 0.394. The summed E-state index contributed by atoms with van der Waals surface area (Å²) in [6.45, 7) is 4.13. The number of aliphatic hydroxyl groups is 2. The Morgan fingerprint density at radius 1 is 1.38 bits per heavy atom. The van der Waals surface area contributed by atoms with Crippen LogP contribution < -0.4 is 0 Å². The van der Waals surface area contributed by atoms with E-state index in [2.05, 4.69) is 0 Å². The van der Waals surface area contributed by atoms with Gasteiger partial charge in [0.05, 0.1) is 6.10 Å². The van der Waals surface area contributed by atoms with Crippen molar-refractivity contribution in [2.45, 2.75) is 39.2 Å². The van der Waals surface area contributed by atoms with Gasteiger partial charge in [0.2, 0.25) is 0 Å². The summed E-state index contributed by atoms with van der Waals surface area (Å²) in [5.74, 6) is 0.0833. The van der Waals surface area contributed by atoms with Crippen molar-refractivity contribution in [1.82, 2.24) is 0 Å². The average Bonchev–Trinajstić information content (AvgIpc) is 2.08. The molecule has 0 fully saturated rings. The van der Waals surface area contributed by atoms with Gasteiger partial charge in [0, 0.05) is 12.5 Å². The molecular weight excluding hydrogens is 208 g/mol. The van der Waals surface area contributed by atoms with Crippen molar-refractivity contribution in [3.63, 3.8) is 0 Å². The van der Waals surface area contributed by atoms with Crippen molar-refractivity contribution >= 4 is 0 Å². The molecule has 0 spiro atoms. The number of aliphatic hydroxyl groups excluding tert-OH is 2. The molecule has 0 aliphatic rings. The molecule has 0 aromatic rings. The Kier molecular flexibility index (Phi) is 15.1. The van der Waals surface area contributed by atoms with Crippen LogP contribution in [0.25, 0.3) is 0 Å². The second kappa shape index (κ2) is 12.4. The molecule has 2 atom stereocenters. The molecule has 0 heterocycles. The molecule has 0 saturated carbocycles. The summed E-state index contributed by atoms with van der Waals surface area (Å²) >= 11 is -1.75. The van der Waals surface area contributed by atoms with E-state index in [0.717, 1.165) is 19.3 Å². The van der Waals surface area contributed by atoms with Crippen LogP contribution in [0.1, 0.15) is 33.1 Å². The Morgan fingerprint density at radius 3 is 2.08 bits per heavy atom. The maximum atomic E-state index is 9.35. The Balaban J connectivity index is 0. The van der Waals surface area contributed by atoms with Gasteiger partial charge in [-0.25, -0.2) is 0 Å². The third-order valence-electron chi connectivity index (χ3n) is 1.89. The zero-order valence-corrected chi connectivity index (χ0v) is 9.79. The third-order valence-corrected chi connectivity index (χ3v) is 1.89. The normalized spacial score (nSPS) is 13.6. The summed E-state index contributed by atoms with van der Waals surface area (Å²) in [6.07, 6.45) is 2.34. The summed E-state index contributed by atoms with van der Waals surface area (Å²) in [7, 11) is 0. The molecule has 0 saturated heterocycles. The second-order valence-electron chi connectivity index (χ2n) is 2.80. The minimum atomic E-state index is -1.75. The molecule has 4 nitrogen and oxygen atoms in total. The van der Waals surface area contributed by atoms with Gasteiger partial charge >= 0.3 is 26.5 Å². The van der Waals surface area contributed by atoms with E-state index in [0.29, 0.717) is 0 Å². The fourth-order valence-electron chi connectivity index (χ4n) is 1.05. The van der Waals surface area contributed by atoms with E-state index in [1.54, 1.807) is 0 Å². The third kappa shape index (κ3) is 10.3. The van der Waals surface area contributed by atoms with E-state index in [9.17, 15) is 5.11 Å². The minimum absolute atomic E-state index is 0.0833. The Labute approximate surface area is 88.7 Å². The van der Waals surface area contributed by atoms with Gasteiger partial charge in [0.15, 0.2) is 0 Å². The summed E-state index contributed by atoms with van der Waals surface area (Å²) in [6, 6.07) is 0. The van der Waals surface area contributed by atoms with Gasteiger partial charge in [0.1, 0.15) is 0 Å². The molecule has 13 heavy (non-hydrogen) atoms. The van der Waals surface area contributed by atoms with Crippen molar-refractivity contribution in [3.05, 3.63) is 0 Å². The molecule has 0 rings (SSSR count). The molecule has 3 N–H and O–H groups in total. The molecule has 2 unspecified atom stereocenters. The first-order valence-corrected chi connectivity index (χ1v) is 5.81. The zero-order chi connectivity index (χ0) is 10.7. The van der Waals surface area contributed by atoms with E-state index in [1.807, 2.05) is 13.8 Å².